The molecule has 0 atom stereocenters. The number of alkyl halides is 3. The van der Waals surface area contributed by atoms with Crippen molar-refractivity contribution in [1.29, 1.82) is 0 Å². The van der Waals surface area contributed by atoms with Crippen LogP contribution in [0.25, 0.3) is 0 Å². The molecule has 0 radical (unpaired) electrons. The summed E-state index contributed by atoms with van der Waals surface area (Å²) >= 11 is 3.21. The predicted octanol–water partition coefficient (Wildman–Crippen LogP) is 4.45. The Morgan fingerprint density at radius 2 is 1.52 bits per heavy atom. The van der Waals surface area contributed by atoms with Crippen molar-refractivity contribution in [2.24, 2.45) is 5.10 Å². The van der Waals surface area contributed by atoms with Crippen LogP contribution in [0.5, 0.6) is 0 Å². The molecule has 0 heterocycles. The molecule has 0 aliphatic heterocycles. The van der Waals surface area contributed by atoms with Crippen LogP contribution in [-0.2, 0) is 0 Å². The highest BCUT2D eigenvalue weighted by atomic mass is 79.9. The first-order chi connectivity index (χ1) is 10.8. The molecule has 2 rings (SSSR count). The van der Waals surface area contributed by atoms with Gasteiger partial charge in [0.1, 0.15) is 0 Å². The lowest BCUT2D eigenvalue weighted by atomic mass is 10.1. The summed E-state index contributed by atoms with van der Waals surface area (Å²) in [6.45, 7) is 1.77. The maximum absolute atomic E-state index is 13.1. The van der Waals surface area contributed by atoms with Crippen molar-refractivity contribution in [3.8, 4) is 0 Å². The summed E-state index contributed by atoms with van der Waals surface area (Å²) < 4.78 is 40.1. The fourth-order valence-electron chi connectivity index (χ4n) is 1.78. The van der Waals surface area contributed by atoms with Gasteiger partial charge in [-0.2, -0.15) is 18.3 Å². The summed E-state index contributed by atoms with van der Waals surface area (Å²) in [4.78, 5) is 11.9. The lowest BCUT2D eigenvalue weighted by Crippen LogP contribution is -2.29. The van der Waals surface area contributed by atoms with Crippen molar-refractivity contribution < 1.29 is 18.0 Å². The van der Waals surface area contributed by atoms with Crippen LogP contribution in [0.3, 0.4) is 0 Å². The van der Waals surface area contributed by atoms with E-state index in [-0.39, 0.29) is 11.1 Å². The normalized spacial score (nSPS) is 12.1. The molecule has 2 aromatic rings. The molecule has 3 nitrogen and oxygen atoms in total. The number of rotatable bonds is 3. The molecule has 0 saturated heterocycles. The number of carbonyl (C=O) groups is 1. The zero-order valence-corrected chi connectivity index (χ0v) is 13.6. The minimum absolute atomic E-state index is 0.112. The van der Waals surface area contributed by atoms with Gasteiger partial charge in [0, 0.05) is 15.6 Å². The third-order valence-corrected chi connectivity index (χ3v) is 3.50. The zero-order valence-electron chi connectivity index (χ0n) is 12.0. The number of amides is 1. The van der Waals surface area contributed by atoms with Crippen molar-refractivity contribution in [2.75, 3.05) is 0 Å². The Balaban J connectivity index is 2.26. The second-order valence-electron chi connectivity index (χ2n) is 4.77. The number of hydrogen-bond acceptors (Lipinski definition) is 2. The smallest absolute Gasteiger partial charge is 0.267 e. The highest BCUT2D eigenvalue weighted by molar-refractivity contribution is 9.10. The molecule has 0 saturated carbocycles. The molecular weight excluding hydrogens is 373 g/mol. The van der Waals surface area contributed by atoms with Crippen molar-refractivity contribution in [3.63, 3.8) is 0 Å². The SMILES string of the molecule is Cc1ccc(/C(=N\NC(=O)c2ccc(Br)cc2)C(F)(F)F)cc1. The molecule has 7 heteroatoms. The number of carbonyl (C=O) groups excluding carboxylic acids is 1. The second kappa shape index (κ2) is 6.95. The van der Waals surface area contributed by atoms with Gasteiger partial charge in [-0.1, -0.05) is 45.8 Å². The van der Waals surface area contributed by atoms with E-state index in [4.69, 9.17) is 0 Å². The van der Waals surface area contributed by atoms with Crippen molar-refractivity contribution in [3.05, 3.63) is 69.7 Å². The van der Waals surface area contributed by atoms with E-state index in [0.29, 0.717) is 0 Å². The van der Waals surface area contributed by atoms with Crippen molar-refractivity contribution in [2.45, 2.75) is 13.1 Å². The molecule has 0 aliphatic carbocycles. The van der Waals surface area contributed by atoms with Gasteiger partial charge in [-0.3, -0.25) is 4.79 Å². The number of benzene rings is 2. The molecule has 0 bridgehead atoms. The first kappa shape index (κ1) is 17.2. The molecule has 1 N–H and O–H groups in total. The van der Waals surface area contributed by atoms with E-state index in [1.165, 1.54) is 24.3 Å². The number of aryl methyl sites for hydroxylation is 1. The van der Waals surface area contributed by atoms with Crippen LogP contribution in [0.4, 0.5) is 13.2 Å². The third-order valence-electron chi connectivity index (χ3n) is 2.97. The number of hydrazone groups is 1. The van der Waals surface area contributed by atoms with E-state index >= 15 is 0 Å². The first-order valence-corrected chi connectivity index (χ1v) is 7.34. The fourth-order valence-corrected chi connectivity index (χ4v) is 2.04. The maximum atomic E-state index is 13.1. The highest BCUT2D eigenvalue weighted by Gasteiger charge is 2.37. The average molecular weight is 385 g/mol. The highest BCUT2D eigenvalue weighted by Crippen LogP contribution is 2.22. The Labute approximate surface area is 139 Å². The van der Waals surface area contributed by atoms with Crippen LogP contribution in [0.15, 0.2) is 58.1 Å². The molecule has 23 heavy (non-hydrogen) atoms. The molecule has 120 valence electrons. The van der Waals surface area contributed by atoms with Gasteiger partial charge < -0.3 is 0 Å². The number of nitrogens with zero attached hydrogens (tertiary/aromatic N) is 1. The Hall–Kier alpha value is -2.15. The second-order valence-corrected chi connectivity index (χ2v) is 5.69. The van der Waals surface area contributed by atoms with Crippen LogP contribution in [0, 0.1) is 6.92 Å². The summed E-state index contributed by atoms with van der Waals surface area (Å²) in [5, 5.41) is 3.27. The van der Waals surface area contributed by atoms with Gasteiger partial charge in [0.15, 0.2) is 5.71 Å². The van der Waals surface area contributed by atoms with Gasteiger partial charge in [-0.05, 0) is 31.2 Å². The minimum Gasteiger partial charge on any atom is -0.267 e. The number of halogens is 4. The monoisotopic (exact) mass is 384 g/mol. The topological polar surface area (TPSA) is 41.5 Å². The lowest BCUT2D eigenvalue weighted by Gasteiger charge is -2.11. The van der Waals surface area contributed by atoms with Crippen LogP contribution < -0.4 is 5.43 Å². The molecule has 0 aromatic heterocycles. The van der Waals surface area contributed by atoms with Crippen LogP contribution in [0.1, 0.15) is 21.5 Å². The van der Waals surface area contributed by atoms with Gasteiger partial charge in [0.25, 0.3) is 5.91 Å². The first-order valence-electron chi connectivity index (χ1n) is 6.55. The van der Waals surface area contributed by atoms with Gasteiger partial charge in [0.2, 0.25) is 0 Å². The van der Waals surface area contributed by atoms with E-state index in [1.54, 1.807) is 31.2 Å². The van der Waals surface area contributed by atoms with E-state index in [0.717, 1.165) is 10.0 Å². The standard InChI is InChI=1S/C16H12BrF3N2O/c1-10-2-4-11(5-3-10)14(16(18,19)20)21-22-15(23)12-6-8-13(17)9-7-12/h2-9H,1H3,(H,22,23)/b21-14+. The summed E-state index contributed by atoms with van der Waals surface area (Å²) in [7, 11) is 0. The van der Waals surface area contributed by atoms with E-state index in [2.05, 4.69) is 21.0 Å². The summed E-state index contributed by atoms with van der Waals surface area (Å²) in [6, 6.07) is 11.9. The zero-order chi connectivity index (χ0) is 17.0. The van der Waals surface area contributed by atoms with Gasteiger partial charge in [-0.25, -0.2) is 5.43 Å². The van der Waals surface area contributed by atoms with Gasteiger partial charge in [-0.15, -0.1) is 0 Å². The Bertz CT molecular complexity index is 722. The summed E-state index contributed by atoms with van der Waals surface area (Å²) in [5.41, 5.74) is 1.73. The largest absolute Gasteiger partial charge is 0.435 e. The average Bonchev–Trinajstić information content (AvgIpc) is 2.48. The number of hydrogen-bond donors (Lipinski definition) is 1. The third kappa shape index (κ3) is 4.66. The van der Waals surface area contributed by atoms with Gasteiger partial charge >= 0.3 is 6.18 Å². The quantitative estimate of drug-likeness (QED) is 0.616. The Morgan fingerprint density at radius 3 is 2.04 bits per heavy atom. The number of nitrogens with one attached hydrogen (secondary N) is 1. The molecule has 0 unspecified atom stereocenters. The predicted molar refractivity (Wildman–Crippen MR) is 85.4 cm³/mol. The Kier molecular flexibility index (Phi) is 5.20. The van der Waals surface area contributed by atoms with E-state index < -0.39 is 17.8 Å². The van der Waals surface area contributed by atoms with Crippen molar-refractivity contribution >= 4 is 27.5 Å². The molecule has 0 fully saturated rings. The summed E-state index contributed by atoms with van der Waals surface area (Å²) in [6.07, 6.45) is -4.68. The molecule has 0 aliphatic rings. The fraction of sp³-hybridized carbons (Fsp3) is 0.125. The lowest BCUT2D eigenvalue weighted by molar-refractivity contribution is -0.0583. The summed E-state index contributed by atoms with van der Waals surface area (Å²) in [5.74, 6) is -0.716. The maximum Gasteiger partial charge on any atom is 0.435 e. The Morgan fingerprint density at radius 1 is 1.00 bits per heavy atom. The van der Waals surface area contributed by atoms with Crippen LogP contribution in [-0.4, -0.2) is 17.8 Å². The molecule has 0 spiro atoms. The van der Waals surface area contributed by atoms with Crippen LogP contribution >= 0.6 is 15.9 Å². The van der Waals surface area contributed by atoms with Crippen LogP contribution in [0.2, 0.25) is 0 Å². The van der Waals surface area contributed by atoms with Gasteiger partial charge in [0.05, 0.1) is 0 Å². The van der Waals surface area contributed by atoms with E-state index in [1.807, 2.05) is 5.43 Å². The van der Waals surface area contributed by atoms with Crippen molar-refractivity contribution in [1.82, 2.24) is 5.43 Å². The molecule has 2 aromatic carbocycles. The molecular formula is C16H12BrF3N2O. The minimum atomic E-state index is -4.68. The van der Waals surface area contributed by atoms with E-state index in [9.17, 15) is 18.0 Å². The molecule has 1 amide bonds.